The van der Waals surface area contributed by atoms with Crippen molar-refractivity contribution in [2.75, 3.05) is 25.0 Å². The Bertz CT molecular complexity index is 534. The van der Waals surface area contributed by atoms with Crippen LogP contribution in [0.15, 0.2) is 29.8 Å². The molecule has 0 radical (unpaired) electrons. The van der Waals surface area contributed by atoms with Gasteiger partial charge < -0.3 is 10.2 Å². The SMILES string of the molecule is CC1=CCCN(C(=O)c2ccc3c(c2)CCCN3)C1. The zero-order valence-electron chi connectivity index (χ0n) is 11.4. The van der Waals surface area contributed by atoms with E-state index in [1.165, 1.54) is 16.8 Å². The highest BCUT2D eigenvalue weighted by Crippen LogP contribution is 2.24. The second-order valence-corrected chi connectivity index (χ2v) is 5.47. The number of nitrogens with one attached hydrogen (secondary N) is 1. The van der Waals surface area contributed by atoms with E-state index in [0.29, 0.717) is 0 Å². The number of benzene rings is 1. The molecule has 2 aliphatic heterocycles. The molecule has 3 heteroatoms. The molecule has 1 amide bonds. The van der Waals surface area contributed by atoms with E-state index in [9.17, 15) is 4.79 Å². The van der Waals surface area contributed by atoms with Gasteiger partial charge in [-0.3, -0.25) is 4.79 Å². The van der Waals surface area contributed by atoms with Crippen LogP contribution >= 0.6 is 0 Å². The van der Waals surface area contributed by atoms with Crippen LogP contribution < -0.4 is 5.32 Å². The Balaban J connectivity index is 1.82. The van der Waals surface area contributed by atoms with Crippen molar-refractivity contribution in [1.29, 1.82) is 0 Å². The van der Waals surface area contributed by atoms with Gasteiger partial charge in [-0.1, -0.05) is 11.6 Å². The van der Waals surface area contributed by atoms with E-state index < -0.39 is 0 Å². The Morgan fingerprint density at radius 2 is 2.26 bits per heavy atom. The molecule has 1 aromatic rings. The average Bonchev–Trinajstić information content (AvgIpc) is 2.46. The van der Waals surface area contributed by atoms with Crippen molar-refractivity contribution in [3.8, 4) is 0 Å². The van der Waals surface area contributed by atoms with E-state index in [4.69, 9.17) is 0 Å². The Labute approximate surface area is 114 Å². The molecule has 1 N–H and O–H groups in total. The minimum Gasteiger partial charge on any atom is -0.385 e. The van der Waals surface area contributed by atoms with Crippen molar-refractivity contribution in [1.82, 2.24) is 4.90 Å². The minimum absolute atomic E-state index is 0.167. The van der Waals surface area contributed by atoms with Crippen molar-refractivity contribution in [3.63, 3.8) is 0 Å². The first-order valence-corrected chi connectivity index (χ1v) is 7.06. The molecule has 2 aliphatic rings. The van der Waals surface area contributed by atoms with E-state index in [1.54, 1.807) is 0 Å². The van der Waals surface area contributed by atoms with Crippen molar-refractivity contribution in [2.45, 2.75) is 26.2 Å². The van der Waals surface area contributed by atoms with Crippen LogP contribution in [0.3, 0.4) is 0 Å². The quantitative estimate of drug-likeness (QED) is 0.784. The Morgan fingerprint density at radius 3 is 3.11 bits per heavy atom. The molecule has 0 spiro atoms. The lowest BCUT2D eigenvalue weighted by Gasteiger charge is -2.27. The van der Waals surface area contributed by atoms with Crippen LogP contribution in [0.4, 0.5) is 5.69 Å². The predicted octanol–water partition coefficient (Wildman–Crippen LogP) is 2.84. The topological polar surface area (TPSA) is 32.3 Å². The second-order valence-electron chi connectivity index (χ2n) is 5.47. The molecule has 0 aliphatic carbocycles. The molecule has 0 saturated carbocycles. The van der Waals surface area contributed by atoms with Crippen molar-refractivity contribution < 1.29 is 4.79 Å². The third-order valence-corrected chi connectivity index (χ3v) is 3.91. The standard InChI is InChI=1S/C16H20N2O/c1-12-4-3-9-18(11-12)16(19)14-6-7-15-13(10-14)5-2-8-17-15/h4,6-7,10,17H,2-3,5,8-9,11H2,1H3. The second kappa shape index (κ2) is 5.08. The van der Waals surface area contributed by atoms with Crippen LogP contribution in [0.5, 0.6) is 0 Å². The highest BCUT2D eigenvalue weighted by molar-refractivity contribution is 5.95. The number of amides is 1. The van der Waals surface area contributed by atoms with Gasteiger partial charge in [0.2, 0.25) is 0 Å². The number of carbonyl (C=O) groups excluding carboxylic acids is 1. The summed E-state index contributed by atoms with van der Waals surface area (Å²) in [5.74, 6) is 0.167. The molecule has 0 atom stereocenters. The van der Waals surface area contributed by atoms with Gasteiger partial charge in [-0.25, -0.2) is 0 Å². The lowest BCUT2D eigenvalue weighted by atomic mass is 10.00. The number of nitrogens with zero attached hydrogens (tertiary/aromatic N) is 1. The van der Waals surface area contributed by atoms with Gasteiger partial charge in [-0.2, -0.15) is 0 Å². The third kappa shape index (κ3) is 2.50. The number of hydrogen-bond acceptors (Lipinski definition) is 2. The Kier molecular flexibility index (Phi) is 3.28. The third-order valence-electron chi connectivity index (χ3n) is 3.91. The van der Waals surface area contributed by atoms with E-state index >= 15 is 0 Å². The lowest BCUT2D eigenvalue weighted by molar-refractivity contribution is 0.0766. The fourth-order valence-electron chi connectivity index (χ4n) is 2.88. The van der Waals surface area contributed by atoms with Crippen molar-refractivity contribution >= 4 is 11.6 Å². The van der Waals surface area contributed by atoms with Gasteiger partial charge >= 0.3 is 0 Å². The summed E-state index contributed by atoms with van der Waals surface area (Å²) in [5.41, 5.74) is 4.59. The summed E-state index contributed by atoms with van der Waals surface area (Å²) in [6, 6.07) is 6.07. The summed E-state index contributed by atoms with van der Waals surface area (Å²) in [5, 5.41) is 3.38. The van der Waals surface area contributed by atoms with Crippen LogP contribution in [0, 0.1) is 0 Å². The first-order chi connectivity index (χ1) is 9.24. The molecule has 0 unspecified atom stereocenters. The van der Waals surface area contributed by atoms with Gasteiger partial charge in [0, 0.05) is 30.9 Å². The first-order valence-electron chi connectivity index (χ1n) is 7.06. The van der Waals surface area contributed by atoms with Gasteiger partial charge in [0.15, 0.2) is 0 Å². The highest BCUT2D eigenvalue weighted by Gasteiger charge is 2.19. The molecule has 100 valence electrons. The molecular formula is C16H20N2O. The molecule has 2 heterocycles. The largest absolute Gasteiger partial charge is 0.385 e. The van der Waals surface area contributed by atoms with Crippen molar-refractivity contribution in [2.24, 2.45) is 0 Å². The summed E-state index contributed by atoms with van der Waals surface area (Å²) in [7, 11) is 0. The van der Waals surface area contributed by atoms with Crippen LogP contribution in [-0.2, 0) is 6.42 Å². The summed E-state index contributed by atoms with van der Waals surface area (Å²) in [4.78, 5) is 14.5. The molecule has 19 heavy (non-hydrogen) atoms. The molecule has 3 nitrogen and oxygen atoms in total. The first kappa shape index (κ1) is 12.3. The number of carbonyl (C=O) groups is 1. The smallest absolute Gasteiger partial charge is 0.254 e. The molecule has 0 saturated heterocycles. The zero-order valence-corrected chi connectivity index (χ0v) is 11.4. The lowest BCUT2D eigenvalue weighted by Crippen LogP contribution is -2.35. The van der Waals surface area contributed by atoms with E-state index in [1.807, 2.05) is 17.0 Å². The van der Waals surface area contributed by atoms with Gasteiger partial charge in [-0.05, 0) is 49.9 Å². The fourth-order valence-corrected chi connectivity index (χ4v) is 2.88. The summed E-state index contributed by atoms with van der Waals surface area (Å²) < 4.78 is 0. The summed E-state index contributed by atoms with van der Waals surface area (Å²) in [6.07, 6.45) is 5.42. The summed E-state index contributed by atoms with van der Waals surface area (Å²) in [6.45, 7) is 4.74. The highest BCUT2D eigenvalue weighted by atomic mass is 16.2. The number of fused-ring (bicyclic) bond motifs is 1. The normalized spacial score (nSPS) is 18.4. The predicted molar refractivity (Wildman–Crippen MR) is 77.5 cm³/mol. The number of rotatable bonds is 1. The molecule has 0 fully saturated rings. The molecule has 0 aromatic heterocycles. The molecule has 0 bridgehead atoms. The van der Waals surface area contributed by atoms with Gasteiger partial charge in [0.25, 0.3) is 5.91 Å². The van der Waals surface area contributed by atoms with E-state index in [2.05, 4.69) is 24.4 Å². The monoisotopic (exact) mass is 256 g/mol. The van der Waals surface area contributed by atoms with Crippen LogP contribution in [-0.4, -0.2) is 30.4 Å². The van der Waals surface area contributed by atoms with E-state index in [-0.39, 0.29) is 5.91 Å². The number of anilines is 1. The van der Waals surface area contributed by atoms with Crippen LogP contribution in [0.2, 0.25) is 0 Å². The Morgan fingerprint density at radius 1 is 1.37 bits per heavy atom. The minimum atomic E-state index is 0.167. The van der Waals surface area contributed by atoms with Crippen molar-refractivity contribution in [3.05, 3.63) is 41.0 Å². The fraction of sp³-hybridized carbons (Fsp3) is 0.438. The molecule has 1 aromatic carbocycles. The van der Waals surface area contributed by atoms with Crippen LogP contribution in [0.1, 0.15) is 35.7 Å². The number of aryl methyl sites for hydroxylation is 1. The Hall–Kier alpha value is -1.77. The maximum atomic E-state index is 12.5. The van der Waals surface area contributed by atoms with Gasteiger partial charge in [0.1, 0.15) is 0 Å². The average molecular weight is 256 g/mol. The molecular weight excluding hydrogens is 236 g/mol. The zero-order chi connectivity index (χ0) is 13.2. The molecule has 3 rings (SSSR count). The maximum Gasteiger partial charge on any atom is 0.254 e. The number of hydrogen-bond donors (Lipinski definition) is 1. The van der Waals surface area contributed by atoms with Crippen LogP contribution in [0.25, 0.3) is 0 Å². The van der Waals surface area contributed by atoms with E-state index in [0.717, 1.165) is 44.5 Å². The maximum absolute atomic E-state index is 12.5. The van der Waals surface area contributed by atoms with Gasteiger partial charge in [-0.15, -0.1) is 0 Å². The summed E-state index contributed by atoms with van der Waals surface area (Å²) >= 11 is 0. The van der Waals surface area contributed by atoms with Gasteiger partial charge in [0.05, 0.1) is 0 Å².